The Morgan fingerprint density at radius 3 is 2.71 bits per heavy atom. The average molecular weight is 465 g/mol. The number of aromatic nitrogens is 3. The zero-order valence-corrected chi connectivity index (χ0v) is 18.5. The van der Waals surface area contributed by atoms with Gasteiger partial charge in [-0.05, 0) is 66.1 Å². The normalized spacial score (nSPS) is 13.0. The van der Waals surface area contributed by atoms with Crippen molar-refractivity contribution in [3.05, 3.63) is 95.7 Å². The van der Waals surface area contributed by atoms with Gasteiger partial charge in [0.1, 0.15) is 5.52 Å². The molecule has 35 heavy (non-hydrogen) atoms. The summed E-state index contributed by atoms with van der Waals surface area (Å²) >= 11 is 0. The lowest BCUT2D eigenvalue weighted by atomic mass is 9.96. The fourth-order valence-electron chi connectivity index (χ4n) is 4.27. The van der Waals surface area contributed by atoms with Crippen LogP contribution < -0.4 is 5.32 Å². The van der Waals surface area contributed by atoms with Crippen LogP contribution in [0.1, 0.15) is 31.8 Å². The molecule has 0 radical (unpaired) electrons. The van der Waals surface area contributed by atoms with E-state index in [1.807, 2.05) is 30.3 Å². The van der Waals surface area contributed by atoms with Gasteiger partial charge in [0.15, 0.2) is 12.0 Å². The zero-order valence-electron chi connectivity index (χ0n) is 18.5. The van der Waals surface area contributed by atoms with Crippen molar-refractivity contribution in [1.29, 1.82) is 0 Å². The van der Waals surface area contributed by atoms with Gasteiger partial charge >= 0.3 is 0 Å². The predicted octanol–water partition coefficient (Wildman–Crippen LogP) is 4.33. The summed E-state index contributed by atoms with van der Waals surface area (Å²) in [5.74, 6) is 0.0541. The molecule has 0 spiro atoms. The lowest BCUT2D eigenvalue weighted by Crippen LogP contribution is -2.36. The average Bonchev–Trinajstić information content (AvgIpc) is 3.60. The molecule has 1 aliphatic rings. The van der Waals surface area contributed by atoms with Crippen LogP contribution in [0.5, 0.6) is 0 Å². The minimum atomic E-state index is -0.241. The van der Waals surface area contributed by atoms with Gasteiger partial charge in [-0.3, -0.25) is 9.59 Å². The minimum absolute atomic E-state index is 0.0818. The van der Waals surface area contributed by atoms with Crippen molar-refractivity contribution < 1.29 is 18.4 Å². The molecule has 2 aromatic heterocycles. The fraction of sp³-hybridized carbons (Fsp3) is 0.115. The predicted molar refractivity (Wildman–Crippen MR) is 127 cm³/mol. The Labute approximate surface area is 199 Å². The van der Waals surface area contributed by atoms with Crippen LogP contribution in [0.25, 0.3) is 22.6 Å². The molecule has 1 aliphatic heterocycles. The van der Waals surface area contributed by atoms with E-state index in [0.717, 1.165) is 17.5 Å². The van der Waals surface area contributed by atoms with Crippen molar-refractivity contribution in [1.82, 2.24) is 20.1 Å². The number of nitrogens with zero attached hydrogens (tertiary/aromatic N) is 4. The van der Waals surface area contributed by atoms with Crippen molar-refractivity contribution in [3.8, 4) is 11.5 Å². The smallest absolute Gasteiger partial charge is 0.255 e. The molecule has 0 atom stereocenters. The molecule has 3 heterocycles. The second-order valence-electron chi connectivity index (χ2n) is 8.27. The molecule has 0 aliphatic carbocycles. The van der Waals surface area contributed by atoms with Crippen LogP contribution in [0.15, 0.2) is 82.3 Å². The molecule has 172 valence electrons. The third kappa shape index (κ3) is 4.04. The Bertz CT molecular complexity index is 1560. The standard InChI is InChI=1S/C26H19N5O4/c32-24(29-21-3-1-2-18(11-21)25-30-28-15-35-25)17-5-4-16-8-9-31(13-20(16)10-17)26(33)19-6-7-22-23(12-19)34-14-27-22/h1-7,10-12,14-15H,8-9,13H2,(H,29,32). The van der Waals surface area contributed by atoms with E-state index < -0.39 is 0 Å². The lowest BCUT2D eigenvalue weighted by Gasteiger charge is -2.29. The van der Waals surface area contributed by atoms with Crippen molar-refractivity contribution in [2.45, 2.75) is 13.0 Å². The van der Waals surface area contributed by atoms with Crippen molar-refractivity contribution >= 4 is 28.6 Å². The Morgan fingerprint density at radius 2 is 1.83 bits per heavy atom. The quantitative estimate of drug-likeness (QED) is 0.420. The molecule has 9 nitrogen and oxygen atoms in total. The maximum atomic E-state index is 13.1. The summed E-state index contributed by atoms with van der Waals surface area (Å²) < 4.78 is 10.6. The molecular formula is C26H19N5O4. The number of carbonyl (C=O) groups is 2. The summed E-state index contributed by atoms with van der Waals surface area (Å²) in [5, 5.41) is 10.5. The Hall–Kier alpha value is -4.79. The van der Waals surface area contributed by atoms with Crippen molar-refractivity contribution in [2.24, 2.45) is 0 Å². The molecular weight excluding hydrogens is 446 g/mol. The first-order valence-corrected chi connectivity index (χ1v) is 11.1. The maximum absolute atomic E-state index is 13.1. The molecule has 5 aromatic rings. The number of oxazole rings is 1. The van der Waals surface area contributed by atoms with Crippen LogP contribution in [0.4, 0.5) is 5.69 Å². The maximum Gasteiger partial charge on any atom is 0.255 e. The zero-order chi connectivity index (χ0) is 23.8. The minimum Gasteiger partial charge on any atom is -0.443 e. The van der Waals surface area contributed by atoms with Crippen LogP contribution in [-0.2, 0) is 13.0 Å². The van der Waals surface area contributed by atoms with E-state index in [9.17, 15) is 9.59 Å². The van der Waals surface area contributed by atoms with E-state index in [1.165, 1.54) is 12.8 Å². The van der Waals surface area contributed by atoms with Gasteiger partial charge in [-0.25, -0.2) is 4.98 Å². The summed E-state index contributed by atoms with van der Waals surface area (Å²) in [7, 11) is 0. The van der Waals surface area contributed by atoms with E-state index in [4.69, 9.17) is 8.83 Å². The highest BCUT2D eigenvalue weighted by molar-refractivity contribution is 6.04. The number of hydrogen-bond acceptors (Lipinski definition) is 7. The molecule has 1 N–H and O–H groups in total. The topological polar surface area (TPSA) is 114 Å². The number of rotatable bonds is 4. The van der Waals surface area contributed by atoms with E-state index >= 15 is 0 Å². The van der Waals surface area contributed by atoms with Gasteiger partial charge in [0.2, 0.25) is 12.3 Å². The monoisotopic (exact) mass is 465 g/mol. The van der Waals surface area contributed by atoms with Gasteiger partial charge in [-0.1, -0.05) is 12.1 Å². The number of fused-ring (bicyclic) bond motifs is 2. The van der Waals surface area contributed by atoms with Gasteiger partial charge < -0.3 is 19.1 Å². The Kier molecular flexibility index (Phi) is 5.07. The van der Waals surface area contributed by atoms with Gasteiger partial charge in [0, 0.05) is 35.5 Å². The molecule has 0 unspecified atom stereocenters. The first-order chi connectivity index (χ1) is 17.1. The number of amides is 2. The Morgan fingerprint density at radius 1 is 0.914 bits per heavy atom. The first kappa shape index (κ1) is 20.8. The Balaban J connectivity index is 1.19. The highest BCUT2D eigenvalue weighted by atomic mass is 16.4. The SMILES string of the molecule is O=C(Nc1cccc(-c2nnco2)c1)c1ccc2c(c1)CN(C(=O)c1ccc3ncoc3c1)CC2. The number of nitrogens with one attached hydrogen (secondary N) is 1. The highest BCUT2D eigenvalue weighted by Gasteiger charge is 2.23. The summed E-state index contributed by atoms with van der Waals surface area (Å²) in [5.41, 5.74) is 5.77. The molecule has 3 aromatic carbocycles. The van der Waals surface area contributed by atoms with E-state index in [1.54, 1.807) is 35.2 Å². The number of hydrogen-bond donors (Lipinski definition) is 1. The summed E-state index contributed by atoms with van der Waals surface area (Å²) in [6.07, 6.45) is 3.35. The van der Waals surface area contributed by atoms with E-state index in [2.05, 4.69) is 20.5 Å². The van der Waals surface area contributed by atoms with Crippen molar-refractivity contribution in [2.75, 3.05) is 11.9 Å². The van der Waals surface area contributed by atoms with E-state index in [0.29, 0.717) is 52.5 Å². The molecule has 0 saturated heterocycles. The van der Waals surface area contributed by atoms with E-state index in [-0.39, 0.29) is 11.8 Å². The van der Waals surface area contributed by atoms with Crippen LogP contribution in [0.2, 0.25) is 0 Å². The van der Waals surface area contributed by atoms with Crippen LogP contribution in [0.3, 0.4) is 0 Å². The van der Waals surface area contributed by atoms with Gasteiger partial charge in [-0.2, -0.15) is 0 Å². The lowest BCUT2D eigenvalue weighted by molar-refractivity contribution is 0.0734. The third-order valence-corrected chi connectivity index (χ3v) is 6.07. The highest BCUT2D eigenvalue weighted by Crippen LogP contribution is 2.25. The first-order valence-electron chi connectivity index (χ1n) is 11.1. The van der Waals surface area contributed by atoms with Crippen LogP contribution >= 0.6 is 0 Å². The summed E-state index contributed by atoms with van der Waals surface area (Å²) in [4.78, 5) is 32.0. The third-order valence-electron chi connectivity index (χ3n) is 6.07. The van der Waals surface area contributed by atoms with Crippen LogP contribution in [0, 0.1) is 0 Å². The fourth-order valence-corrected chi connectivity index (χ4v) is 4.27. The molecule has 6 rings (SSSR count). The molecule has 2 amide bonds. The van der Waals surface area contributed by atoms with Gasteiger partial charge in [0.05, 0.1) is 0 Å². The number of benzene rings is 3. The van der Waals surface area contributed by atoms with Gasteiger partial charge in [-0.15, -0.1) is 10.2 Å². The van der Waals surface area contributed by atoms with Crippen LogP contribution in [-0.4, -0.2) is 38.4 Å². The molecule has 9 heteroatoms. The van der Waals surface area contributed by atoms with Gasteiger partial charge in [0.25, 0.3) is 11.8 Å². The molecule has 0 fully saturated rings. The van der Waals surface area contributed by atoms with Crippen molar-refractivity contribution in [3.63, 3.8) is 0 Å². The number of anilines is 1. The second-order valence-corrected chi connectivity index (χ2v) is 8.27. The number of carbonyl (C=O) groups excluding carboxylic acids is 2. The largest absolute Gasteiger partial charge is 0.443 e. The summed E-state index contributed by atoms with van der Waals surface area (Å²) in [6.45, 7) is 1.03. The second kappa shape index (κ2) is 8.53. The summed E-state index contributed by atoms with van der Waals surface area (Å²) in [6, 6.07) is 18.1. The molecule has 0 saturated carbocycles. The molecule has 0 bridgehead atoms.